The van der Waals surface area contributed by atoms with Crippen molar-refractivity contribution in [2.45, 2.75) is 32.2 Å². The molecule has 3 heterocycles. The van der Waals surface area contributed by atoms with Crippen molar-refractivity contribution in [1.29, 1.82) is 0 Å². The Morgan fingerprint density at radius 1 is 1.33 bits per heavy atom. The van der Waals surface area contributed by atoms with Gasteiger partial charge >= 0.3 is 0 Å². The molecule has 0 aromatic carbocycles. The topological polar surface area (TPSA) is 98.4 Å². The summed E-state index contributed by atoms with van der Waals surface area (Å²) in [5, 5.41) is 9.44. The highest BCUT2D eigenvalue weighted by Crippen LogP contribution is 2.27. The quantitative estimate of drug-likeness (QED) is 0.807. The van der Waals surface area contributed by atoms with Gasteiger partial charge in [0.15, 0.2) is 0 Å². The Balaban J connectivity index is 1.59. The second-order valence-corrected chi connectivity index (χ2v) is 6.78. The summed E-state index contributed by atoms with van der Waals surface area (Å²) in [6.45, 7) is 5.46. The van der Waals surface area contributed by atoms with Gasteiger partial charge in [0, 0.05) is 33.1 Å². The van der Waals surface area contributed by atoms with E-state index in [-0.39, 0.29) is 42.0 Å². The monoisotopic (exact) mass is 333 g/mol. The number of H-pyrrole nitrogens is 1. The lowest BCUT2D eigenvalue weighted by molar-refractivity contribution is -0.132. The molecule has 2 N–H and O–H groups in total. The van der Waals surface area contributed by atoms with Gasteiger partial charge in [0.05, 0.1) is 29.4 Å². The van der Waals surface area contributed by atoms with Crippen molar-refractivity contribution in [2.75, 3.05) is 26.7 Å². The second kappa shape index (κ2) is 6.26. The van der Waals surface area contributed by atoms with E-state index < -0.39 is 0 Å². The molecule has 3 rings (SSSR count). The van der Waals surface area contributed by atoms with Gasteiger partial charge in [-0.25, -0.2) is 0 Å². The number of nitrogens with one attached hydrogen (secondary N) is 2. The second-order valence-electron chi connectivity index (χ2n) is 6.78. The van der Waals surface area contributed by atoms with Crippen molar-refractivity contribution < 1.29 is 14.4 Å². The molecule has 2 saturated heterocycles. The van der Waals surface area contributed by atoms with E-state index in [9.17, 15) is 14.4 Å². The summed E-state index contributed by atoms with van der Waals surface area (Å²) in [5.41, 5.74) is 1.43. The van der Waals surface area contributed by atoms with Crippen molar-refractivity contribution >= 4 is 17.7 Å². The van der Waals surface area contributed by atoms with Gasteiger partial charge in [-0.1, -0.05) is 13.8 Å². The number of hydrogen-bond acceptors (Lipinski definition) is 4. The third-order valence-corrected chi connectivity index (χ3v) is 4.84. The lowest BCUT2D eigenvalue weighted by Crippen LogP contribution is -2.61. The molecule has 3 amide bonds. The zero-order valence-corrected chi connectivity index (χ0v) is 14.2. The van der Waals surface area contributed by atoms with Gasteiger partial charge in [0.25, 0.3) is 5.91 Å². The minimum atomic E-state index is -0.284. The molecule has 1 aromatic heterocycles. The first-order valence-corrected chi connectivity index (χ1v) is 8.26. The van der Waals surface area contributed by atoms with E-state index in [2.05, 4.69) is 15.5 Å². The van der Waals surface area contributed by atoms with E-state index in [4.69, 9.17) is 0 Å². The van der Waals surface area contributed by atoms with E-state index in [0.717, 1.165) is 5.69 Å². The SMILES string of the molecule is CNC(=O)C1CC(=O)N(C2CN(C(=O)c3cn[nH]c3C(C)C)C2)C1. The van der Waals surface area contributed by atoms with E-state index >= 15 is 0 Å². The minimum absolute atomic E-state index is 0.00510. The number of aromatic nitrogens is 2. The normalized spacial score (nSPS) is 21.3. The van der Waals surface area contributed by atoms with Crippen molar-refractivity contribution in [3.63, 3.8) is 0 Å². The number of aromatic amines is 1. The van der Waals surface area contributed by atoms with Gasteiger partial charge in [-0.15, -0.1) is 0 Å². The highest BCUT2D eigenvalue weighted by Gasteiger charge is 2.43. The molecule has 0 radical (unpaired) electrons. The van der Waals surface area contributed by atoms with Crippen LogP contribution in [0.25, 0.3) is 0 Å². The number of carbonyl (C=O) groups is 3. The van der Waals surface area contributed by atoms with Crippen molar-refractivity contribution in [2.24, 2.45) is 5.92 Å². The predicted octanol–water partition coefficient (Wildman–Crippen LogP) is -0.0480. The molecule has 0 spiro atoms. The summed E-state index contributed by atoms with van der Waals surface area (Å²) in [6, 6.07) is 0.00510. The molecule has 8 nitrogen and oxygen atoms in total. The summed E-state index contributed by atoms with van der Waals surface area (Å²) in [5.74, 6) is -0.256. The van der Waals surface area contributed by atoms with Crippen LogP contribution in [-0.4, -0.2) is 70.4 Å². The molecule has 2 aliphatic heterocycles. The molecule has 8 heteroatoms. The van der Waals surface area contributed by atoms with Crippen LogP contribution in [0.15, 0.2) is 6.20 Å². The molecule has 1 aromatic rings. The number of likely N-dealkylation sites (tertiary alicyclic amines) is 2. The summed E-state index contributed by atoms with van der Waals surface area (Å²) in [4.78, 5) is 39.8. The number of amides is 3. The van der Waals surface area contributed by atoms with Gasteiger partial charge in [-0.3, -0.25) is 19.5 Å². The van der Waals surface area contributed by atoms with Crippen molar-refractivity contribution in [1.82, 2.24) is 25.3 Å². The van der Waals surface area contributed by atoms with Crippen LogP contribution < -0.4 is 5.32 Å². The molecule has 0 aliphatic carbocycles. The molecule has 1 atom stereocenters. The first kappa shape index (κ1) is 16.5. The molecule has 24 heavy (non-hydrogen) atoms. The lowest BCUT2D eigenvalue weighted by Gasteiger charge is -2.44. The molecular formula is C16H23N5O3. The molecule has 1 unspecified atom stereocenters. The highest BCUT2D eigenvalue weighted by atomic mass is 16.2. The summed E-state index contributed by atoms with van der Waals surface area (Å²) in [7, 11) is 1.58. The van der Waals surface area contributed by atoms with Gasteiger partial charge in [0.2, 0.25) is 11.8 Å². The van der Waals surface area contributed by atoms with Gasteiger partial charge in [-0.2, -0.15) is 5.10 Å². The Morgan fingerprint density at radius 3 is 2.67 bits per heavy atom. The first-order chi connectivity index (χ1) is 11.4. The molecule has 0 bridgehead atoms. The zero-order chi connectivity index (χ0) is 17.4. The Bertz CT molecular complexity index is 662. The third kappa shape index (κ3) is 2.76. The van der Waals surface area contributed by atoms with Crippen LogP contribution in [-0.2, 0) is 9.59 Å². The summed E-state index contributed by atoms with van der Waals surface area (Å²) >= 11 is 0. The van der Waals surface area contributed by atoms with E-state index in [1.54, 1.807) is 23.0 Å². The average molecular weight is 333 g/mol. The minimum Gasteiger partial charge on any atom is -0.359 e. The van der Waals surface area contributed by atoms with Crippen LogP contribution in [0.2, 0.25) is 0 Å². The van der Waals surface area contributed by atoms with Crippen molar-refractivity contribution in [3.8, 4) is 0 Å². The summed E-state index contributed by atoms with van der Waals surface area (Å²) in [6.07, 6.45) is 1.82. The van der Waals surface area contributed by atoms with E-state index in [1.807, 2.05) is 13.8 Å². The van der Waals surface area contributed by atoms with Gasteiger partial charge in [-0.05, 0) is 5.92 Å². The molecule has 2 fully saturated rings. The molecule has 2 aliphatic rings. The predicted molar refractivity (Wildman–Crippen MR) is 86.3 cm³/mol. The number of carbonyl (C=O) groups excluding carboxylic acids is 3. The smallest absolute Gasteiger partial charge is 0.257 e. The molecule has 130 valence electrons. The van der Waals surface area contributed by atoms with E-state index in [1.165, 1.54) is 0 Å². The fraction of sp³-hybridized carbons (Fsp3) is 0.625. The Labute approximate surface area is 140 Å². The van der Waals surface area contributed by atoms with Crippen molar-refractivity contribution in [3.05, 3.63) is 17.5 Å². The fourth-order valence-corrected chi connectivity index (χ4v) is 3.36. The Morgan fingerprint density at radius 2 is 2.04 bits per heavy atom. The average Bonchev–Trinajstić information content (AvgIpc) is 3.12. The maximum absolute atomic E-state index is 12.6. The Hall–Kier alpha value is -2.38. The number of rotatable bonds is 4. The van der Waals surface area contributed by atoms with Crippen LogP contribution in [0.1, 0.15) is 42.2 Å². The highest BCUT2D eigenvalue weighted by molar-refractivity contribution is 5.96. The summed E-state index contributed by atoms with van der Waals surface area (Å²) < 4.78 is 0. The van der Waals surface area contributed by atoms with Crippen LogP contribution in [0.3, 0.4) is 0 Å². The molecule has 0 saturated carbocycles. The number of hydrogen-bond donors (Lipinski definition) is 2. The standard InChI is InChI=1S/C16H23N5O3/c1-9(2)14-12(5-18-19-14)16(24)20-7-11(8-20)21-6-10(4-13(21)22)15(23)17-3/h5,9-11H,4,6-8H2,1-3H3,(H,17,23)(H,18,19). The van der Waals surface area contributed by atoms with Gasteiger partial charge < -0.3 is 15.1 Å². The van der Waals surface area contributed by atoms with Crippen LogP contribution in [0, 0.1) is 5.92 Å². The molecular weight excluding hydrogens is 310 g/mol. The Kier molecular flexibility index (Phi) is 4.29. The van der Waals surface area contributed by atoms with E-state index in [0.29, 0.717) is 25.2 Å². The largest absolute Gasteiger partial charge is 0.359 e. The number of nitrogens with zero attached hydrogens (tertiary/aromatic N) is 3. The van der Waals surface area contributed by atoms with Crippen LogP contribution >= 0.6 is 0 Å². The fourth-order valence-electron chi connectivity index (χ4n) is 3.36. The maximum atomic E-state index is 12.6. The lowest BCUT2D eigenvalue weighted by atomic mass is 10.0. The van der Waals surface area contributed by atoms with Crippen LogP contribution in [0.4, 0.5) is 0 Å². The first-order valence-electron chi connectivity index (χ1n) is 8.26. The third-order valence-electron chi connectivity index (χ3n) is 4.84. The maximum Gasteiger partial charge on any atom is 0.257 e. The zero-order valence-electron chi connectivity index (χ0n) is 14.2. The van der Waals surface area contributed by atoms with Crippen LogP contribution in [0.5, 0.6) is 0 Å². The van der Waals surface area contributed by atoms with Gasteiger partial charge in [0.1, 0.15) is 0 Å².